The number of carbonyl (C=O) groups excluding carboxylic acids is 1. The van der Waals surface area contributed by atoms with Gasteiger partial charge in [-0.1, -0.05) is 31.2 Å². The summed E-state index contributed by atoms with van der Waals surface area (Å²) in [6.07, 6.45) is 5.62. The van der Waals surface area contributed by atoms with Crippen molar-refractivity contribution >= 4 is 11.6 Å². The summed E-state index contributed by atoms with van der Waals surface area (Å²) in [4.78, 5) is 14.9. The monoisotopic (exact) mass is 350 g/mol. The lowest BCUT2D eigenvalue weighted by molar-refractivity contribution is 0.102. The number of amides is 1. The molecule has 3 rings (SSSR count). The van der Waals surface area contributed by atoms with Gasteiger partial charge < -0.3 is 10.1 Å². The standard InChI is InChI=1S/C22H26N2O2/c1-2-16-26-21-12-10-20(11-13-21)23-22(25)19-8-6-18(7-9-19)17-24-14-4-3-5-15-24/h2,6-13H,1,3-5,14-17H2,(H,23,25). The van der Waals surface area contributed by atoms with Crippen LogP contribution in [0.15, 0.2) is 61.2 Å². The Morgan fingerprint density at radius 1 is 1.04 bits per heavy atom. The van der Waals surface area contributed by atoms with Crippen LogP contribution in [0.3, 0.4) is 0 Å². The Hall–Kier alpha value is -2.59. The lowest BCUT2D eigenvalue weighted by atomic mass is 10.1. The number of ether oxygens (including phenoxy) is 1. The zero-order chi connectivity index (χ0) is 18.2. The number of hydrogen-bond donors (Lipinski definition) is 1. The maximum atomic E-state index is 12.4. The number of nitrogens with zero attached hydrogens (tertiary/aromatic N) is 1. The Bertz CT molecular complexity index is 717. The van der Waals surface area contributed by atoms with Gasteiger partial charge in [-0.05, 0) is 67.9 Å². The molecule has 1 fully saturated rings. The first kappa shape index (κ1) is 18.2. The molecule has 136 valence electrons. The number of rotatable bonds is 7. The summed E-state index contributed by atoms with van der Waals surface area (Å²) < 4.78 is 5.44. The number of benzene rings is 2. The van der Waals surface area contributed by atoms with E-state index in [9.17, 15) is 4.79 Å². The second kappa shape index (κ2) is 9.20. The van der Waals surface area contributed by atoms with Gasteiger partial charge in [-0.2, -0.15) is 0 Å². The molecule has 4 heteroatoms. The van der Waals surface area contributed by atoms with Crippen LogP contribution in [0.25, 0.3) is 0 Å². The van der Waals surface area contributed by atoms with Crippen molar-refractivity contribution in [2.45, 2.75) is 25.8 Å². The molecule has 0 unspecified atom stereocenters. The van der Waals surface area contributed by atoms with Crippen molar-refractivity contribution in [3.05, 3.63) is 72.3 Å². The van der Waals surface area contributed by atoms with E-state index in [2.05, 4.69) is 28.9 Å². The van der Waals surface area contributed by atoms with E-state index in [1.54, 1.807) is 6.08 Å². The molecule has 26 heavy (non-hydrogen) atoms. The Morgan fingerprint density at radius 2 is 1.73 bits per heavy atom. The van der Waals surface area contributed by atoms with Gasteiger partial charge in [0.05, 0.1) is 0 Å². The van der Waals surface area contributed by atoms with E-state index in [0.29, 0.717) is 12.2 Å². The second-order valence-electron chi connectivity index (χ2n) is 6.61. The summed E-state index contributed by atoms with van der Waals surface area (Å²) in [6.45, 7) is 7.41. The largest absolute Gasteiger partial charge is 0.490 e. The molecule has 4 nitrogen and oxygen atoms in total. The number of piperidine rings is 1. The number of anilines is 1. The summed E-state index contributed by atoms with van der Waals surface area (Å²) in [5, 5.41) is 2.92. The number of nitrogens with one attached hydrogen (secondary N) is 1. The molecular weight excluding hydrogens is 324 g/mol. The molecule has 0 aliphatic carbocycles. The summed E-state index contributed by atoms with van der Waals surface area (Å²) in [7, 11) is 0. The fourth-order valence-corrected chi connectivity index (χ4v) is 3.13. The van der Waals surface area contributed by atoms with Crippen LogP contribution in [0, 0.1) is 0 Å². The second-order valence-corrected chi connectivity index (χ2v) is 6.61. The number of hydrogen-bond acceptors (Lipinski definition) is 3. The van der Waals surface area contributed by atoms with E-state index < -0.39 is 0 Å². The smallest absolute Gasteiger partial charge is 0.255 e. The molecule has 1 aliphatic heterocycles. The van der Waals surface area contributed by atoms with Gasteiger partial charge in [0, 0.05) is 17.8 Å². The topological polar surface area (TPSA) is 41.6 Å². The average molecular weight is 350 g/mol. The van der Waals surface area contributed by atoms with Gasteiger partial charge in [0.2, 0.25) is 0 Å². The van der Waals surface area contributed by atoms with E-state index in [1.165, 1.54) is 37.9 Å². The average Bonchev–Trinajstić information content (AvgIpc) is 2.69. The van der Waals surface area contributed by atoms with Crippen LogP contribution in [0.2, 0.25) is 0 Å². The van der Waals surface area contributed by atoms with Crippen molar-refractivity contribution in [1.82, 2.24) is 4.90 Å². The van der Waals surface area contributed by atoms with Gasteiger partial charge in [0.15, 0.2) is 0 Å². The molecular formula is C22H26N2O2. The first-order valence-corrected chi connectivity index (χ1v) is 9.21. The first-order chi connectivity index (χ1) is 12.7. The van der Waals surface area contributed by atoms with Gasteiger partial charge in [0.1, 0.15) is 12.4 Å². The molecule has 0 atom stereocenters. The Labute approximate surface area is 155 Å². The molecule has 0 spiro atoms. The lowest BCUT2D eigenvalue weighted by Gasteiger charge is -2.26. The van der Waals surface area contributed by atoms with Crippen LogP contribution in [-0.2, 0) is 6.54 Å². The van der Waals surface area contributed by atoms with Crippen LogP contribution >= 0.6 is 0 Å². The van der Waals surface area contributed by atoms with Crippen LogP contribution in [0.5, 0.6) is 5.75 Å². The molecule has 2 aromatic carbocycles. The van der Waals surface area contributed by atoms with Crippen molar-refractivity contribution in [2.75, 3.05) is 25.0 Å². The highest BCUT2D eigenvalue weighted by Gasteiger charge is 2.11. The quantitative estimate of drug-likeness (QED) is 0.748. The van der Waals surface area contributed by atoms with E-state index in [4.69, 9.17) is 4.74 Å². The lowest BCUT2D eigenvalue weighted by Crippen LogP contribution is -2.29. The summed E-state index contributed by atoms with van der Waals surface area (Å²) in [5.41, 5.74) is 2.67. The maximum Gasteiger partial charge on any atom is 0.255 e. The molecule has 1 aliphatic rings. The molecule has 0 saturated carbocycles. The predicted octanol–water partition coefficient (Wildman–Crippen LogP) is 4.49. The van der Waals surface area contributed by atoms with Gasteiger partial charge >= 0.3 is 0 Å². The fourth-order valence-electron chi connectivity index (χ4n) is 3.13. The van der Waals surface area contributed by atoms with Gasteiger partial charge in [0.25, 0.3) is 5.91 Å². The molecule has 1 amide bonds. The van der Waals surface area contributed by atoms with E-state index in [0.717, 1.165) is 18.0 Å². The third-order valence-electron chi connectivity index (χ3n) is 4.55. The van der Waals surface area contributed by atoms with Gasteiger partial charge in [-0.3, -0.25) is 9.69 Å². The van der Waals surface area contributed by atoms with Crippen LogP contribution in [0.4, 0.5) is 5.69 Å². The van der Waals surface area contributed by atoms with Crippen molar-refractivity contribution in [2.24, 2.45) is 0 Å². The minimum absolute atomic E-state index is 0.103. The number of carbonyl (C=O) groups is 1. The van der Waals surface area contributed by atoms with Crippen molar-refractivity contribution in [3.63, 3.8) is 0 Å². The molecule has 0 radical (unpaired) electrons. The third-order valence-corrected chi connectivity index (χ3v) is 4.55. The van der Waals surface area contributed by atoms with E-state index >= 15 is 0 Å². The fraction of sp³-hybridized carbons (Fsp3) is 0.318. The number of likely N-dealkylation sites (tertiary alicyclic amines) is 1. The summed E-state index contributed by atoms with van der Waals surface area (Å²) in [6, 6.07) is 15.2. The predicted molar refractivity (Wildman–Crippen MR) is 106 cm³/mol. The summed E-state index contributed by atoms with van der Waals surface area (Å²) in [5.74, 6) is 0.652. The molecule has 0 aromatic heterocycles. The van der Waals surface area contributed by atoms with E-state index in [1.807, 2.05) is 36.4 Å². The Balaban J connectivity index is 1.54. The Kier molecular flexibility index (Phi) is 6.45. The normalized spacial score (nSPS) is 14.6. The molecule has 2 aromatic rings. The highest BCUT2D eigenvalue weighted by Crippen LogP contribution is 2.17. The third kappa shape index (κ3) is 5.20. The highest BCUT2D eigenvalue weighted by molar-refractivity contribution is 6.04. The van der Waals surface area contributed by atoms with Crippen LogP contribution < -0.4 is 10.1 Å². The SMILES string of the molecule is C=CCOc1ccc(NC(=O)c2ccc(CN3CCCCC3)cc2)cc1. The van der Waals surface area contributed by atoms with Gasteiger partial charge in [-0.25, -0.2) is 0 Å². The first-order valence-electron chi connectivity index (χ1n) is 9.21. The molecule has 1 saturated heterocycles. The molecule has 1 heterocycles. The highest BCUT2D eigenvalue weighted by atomic mass is 16.5. The van der Waals surface area contributed by atoms with Gasteiger partial charge in [-0.15, -0.1) is 0 Å². The molecule has 1 N–H and O–H groups in total. The van der Waals surface area contributed by atoms with Crippen molar-refractivity contribution < 1.29 is 9.53 Å². The summed E-state index contributed by atoms with van der Waals surface area (Å²) >= 11 is 0. The Morgan fingerprint density at radius 3 is 2.38 bits per heavy atom. The van der Waals surface area contributed by atoms with Crippen molar-refractivity contribution in [3.8, 4) is 5.75 Å². The minimum atomic E-state index is -0.103. The van der Waals surface area contributed by atoms with Crippen LogP contribution in [0.1, 0.15) is 35.2 Å². The van der Waals surface area contributed by atoms with E-state index in [-0.39, 0.29) is 5.91 Å². The zero-order valence-corrected chi connectivity index (χ0v) is 15.1. The zero-order valence-electron chi connectivity index (χ0n) is 15.1. The van der Waals surface area contributed by atoms with Crippen molar-refractivity contribution in [1.29, 1.82) is 0 Å². The minimum Gasteiger partial charge on any atom is -0.490 e. The maximum absolute atomic E-state index is 12.4. The van der Waals surface area contributed by atoms with Crippen LogP contribution in [-0.4, -0.2) is 30.5 Å². The molecule has 0 bridgehead atoms.